The minimum Gasteiger partial charge on any atom is -0.430 e. The Bertz CT molecular complexity index is 649. The Morgan fingerprint density at radius 2 is 2.20 bits per heavy atom. The second-order valence-corrected chi connectivity index (χ2v) is 5.48. The highest BCUT2D eigenvalue weighted by Gasteiger charge is 2.35. The van der Waals surface area contributed by atoms with E-state index >= 15 is 0 Å². The zero-order valence-corrected chi connectivity index (χ0v) is 11.7. The maximum Gasteiger partial charge on any atom is 0.338 e. The Morgan fingerprint density at radius 3 is 2.90 bits per heavy atom. The molecule has 7 nitrogen and oxygen atoms in total. The third-order valence-electron chi connectivity index (χ3n) is 2.74. The Hall–Kier alpha value is -2.26. The lowest BCUT2D eigenvalue weighted by molar-refractivity contribution is 0.530. The topological polar surface area (TPSA) is 70.7 Å². The highest BCUT2D eigenvalue weighted by atomic mass is 32.1. The van der Waals surface area contributed by atoms with Crippen molar-refractivity contribution in [3.8, 4) is 0 Å². The van der Waals surface area contributed by atoms with Gasteiger partial charge in [0.15, 0.2) is 5.82 Å². The van der Waals surface area contributed by atoms with Crippen LogP contribution in [0.2, 0.25) is 0 Å². The first-order valence-electron chi connectivity index (χ1n) is 5.76. The van der Waals surface area contributed by atoms with Crippen LogP contribution in [-0.4, -0.2) is 20.6 Å². The molecular formula is C11H8N6OS2. The first kappa shape index (κ1) is 11.6. The number of oxazole rings is 1. The number of hydrazone groups is 1. The second kappa shape index (κ2) is 4.69. The van der Waals surface area contributed by atoms with Gasteiger partial charge in [-0.2, -0.15) is 14.5 Å². The average Bonchev–Trinajstić information content (AvgIpc) is 3.23. The van der Waals surface area contributed by atoms with E-state index < -0.39 is 0 Å². The summed E-state index contributed by atoms with van der Waals surface area (Å²) in [4.78, 5) is 8.49. The van der Waals surface area contributed by atoms with Crippen molar-refractivity contribution in [3.63, 3.8) is 0 Å². The Morgan fingerprint density at radius 1 is 1.20 bits per heavy atom. The van der Waals surface area contributed by atoms with Crippen LogP contribution in [0.4, 0.5) is 11.8 Å². The van der Waals surface area contributed by atoms with E-state index in [-0.39, 0.29) is 6.04 Å². The van der Waals surface area contributed by atoms with Gasteiger partial charge in [0.2, 0.25) is 0 Å². The van der Waals surface area contributed by atoms with Crippen LogP contribution in [0, 0.1) is 0 Å². The predicted molar refractivity (Wildman–Crippen MR) is 76.9 cm³/mol. The van der Waals surface area contributed by atoms with Gasteiger partial charge in [-0.25, -0.2) is 9.99 Å². The number of aromatic nitrogens is 3. The smallest absolute Gasteiger partial charge is 0.338 e. The van der Waals surface area contributed by atoms with Gasteiger partial charge < -0.3 is 4.42 Å². The molecule has 0 amide bonds. The van der Waals surface area contributed by atoms with Crippen molar-refractivity contribution in [2.24, 2.45) is 5.10 Å². The maximum absolute atomic E-state index is 5.33. The molecule has 1 atom stereocenters. The van der Waals surface area contributed by atoms with E-state index in [9.17, 15) is 0 Å². The van der Waals surface area contributed by atoms with Gasteiger partial charge in [-0.3, -0.25) is 0 Å². The number of rotatable bonds is 3. The number of hydrogen-bond donors (Lipinski definition) is 0. The third kappa shape index (κ3) is 1.79. The first-order valence-corrected chi connectivity index (χ1v) is 7.48. The molecule has 0 saturated carbocycles. The Labute approximate surface area is 121 Å². The molecule has 3 aromatic rings. The minimum absolute atomic E-state index is 0.107. The fraction of sp³-hybridized carbons (Fsp3) is 0.0909. The summed E-state index contributed by atoms with van der Waals surface area (Å²) in [6.07, 6.45) is 6.69. The molecule has 1 aliphatic heterocycles. The highest BCUT2D eigenvalue weighted by molar-refractivity contribution is 7.09. The highest BCUT2D eigenvalue weighted by Crippen LogP contribution is 2.34. The average molecular weight is 304 g/mol. The van der Waals surface area contributed by atoms with Crippen LogP contribution in [0.25, 0.3) is 0 Å². The SMILES string of the molecule is C1=NN(c2ncco2)N(c2ccsn2)C1c1nccs1. The van der Waals surface area contributed by atoms with Crippen LogP contribution >= 0.6 is 22.9 Å². The van der Waals surface area contributed by atoms with Gasteiger partial charge >= 0.3 is 6.01 Å². The summed E-state index contributed by atoms with van der Waals surface area (Å²) in [6.45, 7) is 0. The van der Waals surface area contributed by atoms with Gasteiger partial charge in [-0.15, -0.1) is 16.5 Å². The predicted octanol–water partition coefficient (Wildman–Crippen LogP) is 2.56. The molecule has 1 unspecified atom stereocenters. The first-order chi connectivity index (χ1) is 9.93. The van der Waals surface area contributed by atoms with E-state index in [4.69, 9.17) is 4.42 Å². The van der Waals surface area contributed by atoms with Gasteiger partial charge in [-0.05, 0) is 17.6 Å². The fourth-order valence-corrected chi connectivity index (χ4v) is 3.11. The monoisotopic (exact) mass is 304 g/mol. The molecule has 0 aliphatic carbocycles. The normalized spacial score (nSPS) is 18.1. The van der Waals surface area contributed by atoms with Gasteiger partial charge in [0.25, 0.3) is 0 Å². The molecule has 4 rings (SSSR count). The summed E-state index contributed by atoms with van der Waals surface area (Å²) in [5.41, 5.74) is 0. The zero-order valence-electron chi connectivity index (χ0n) is 10.0. The standard InChI is InChI=1S/C11H8N6OS2/c1-5-20-15-9(1)16-8(10-12-3-6-19-10)7-14-17(16)11-13-2-4-18-11/h1-8H. The van der Waals surface area contributed by atoms with Gasteiger partial charge in [0, 0.05) is 17.0 Å². The largest absolute Gasteiger partial charge is 0.430 e. The van der Waals surface area contributed by atoms with E-state index in [0.717, 1.165) is 10.8 Å². The molecule has 0 radical (unpaired) electrons. The molecule has 4 heterocycles. The Balaban J connectivity index is 1.77. The molecule has 100 valence electrons. The number of hydrazine groups is 1. The molecule has 9 heteroatoms. The molecule has 0 N–H and O–H groups in total. The minimum atomic E-state index is -0.107. The quantitative estimate of drug-likeness (QED) is 0.740. The summed E-state index contributed by atoms with van der Waals surface area (Å²) < 4.78 is 9.70. The van der Waals surface area contributed by atoms with Gasteiger partial charge in [0.05, 0.1) is 12.4 Å². The number of hydrogen-bond acceptors (Lipinski definition) is 9. The maximum atomic E-state index is 5.33. The van der Waals surface area contributed by atoms with Crippen molar-refractivity contribution < 1.29 is 4.42 Å². The van der Waals surface area contributed by atoms with Crippen LogP contribution in [0.1, 0.15) is 11.0 Å². The number of anilines is 2. The molecule has 0 fully saturated rings. The molecule has 1 aliphatic rings. The van der Waals surface area contributed by atoms with Crippen molar-refractivity contribution >= 4 is 40.9 Å². The summed E-state index contributed by atoms with van der Waals surface area (Å²) in [5.74, 6) is 0.783. The van der Waals surface area contributed by atoms with Gasteiger partial charge in [-0.1, -0.05) is 0 Å². The van der Waals surface area contributed by atoms with Crippen molar-refractivity contribution in [2.75, 3.05) is 10.1 Å². The molecule has 0 bridgehead atoms. The van der Waals surface area contributed by atoms with Crippen molar-refractivity contribution in [1.29, 1.82) is 0 Å². The van der Waals surface area contributed by atoms with Crippen LogP contribution in [-0.2, 0) is 0 Å². The number of thiazole rings is 1. The van der Waals surface area contributed by atoms with E-state index in [1.807, 2.05) is 28.1 Å². The van der Waals surface area contributed by atoms with Crippen LogP contribution in [0.3, 0.4) is 0 Å². The van der Waals surface area contributed by atoms with Crippen LogP contribution in [0.5, 0.6) is 0 Å². The van der Waals surface area contributed by atoms with E-state index in [2.05, 4.69) is 19.4 Å². The van der Waals surface area contributed by atoms with Crippen LogP contribution in [0.15, 0.2) is 45.0 Å². The van der Waals surface area contributed by atoms with Gasteiger partial charge in [0.1, 0.15) is 17.3 Å². The molecule has 0 aromatic carbocycles. The number of nitrogens with zero attached hydrogens (tertiary/aromatic N) is 6. The lowest BCUT2D eigenvalue weighted by atomic mass is 10.3. The summed E-state index contributed by atoms with van der Waals surface area (Å²) >= 11 is 2.96. The summed E-state index contributed by atoms with van der Waals surface area (Å²) in [5, 5.41) is 12.7. The Kier molecular flexibility index (Phi) is 2.71. The zero-order chi connectivity index (χ0) is 13.4. The lowest BCUT2D eigenvalue weighted by Gasteiger charge is -2.27. The fourth-order valence-electron chi connectivity index (χ4n) is 1.93. The lowest BCUT2D eigenvalue weighted by Crippen LogP contribution is -2.38. The van der Waals surface area contributed by atoms with Crippen molar-refractivity contribution in [2.45, 2.75) is 6.04 Å². The van der Waals surface area contributed by atoms with E-state index in [0.29, 0.717) is 6.01 Å². The summed E-state index contributed by atoms with van der Waals surface area (Å²) in [6, 6.07) is 2.22. The molecule has 20 heavy (non-hydrogen) atoms. The van der Waals surface area contributed by atoms with E-state index in [1.165, 1.54) is 17.8 Å². The molecule has 0 spiro atoms. The molecule has 3 aromatic heterocycles. The third-order valence-corrected chi connectivity index (χ3v) is 4.14. The van der Waals surface area contributed by atoms with Crippen LogP contribution < -0.4 is 10.1 Å². The second-order valence-electron chi connectivity index (χ2n) is 3.89. The van der Waals surface area contributed by atoms with Crippen molar-refractivity contribution in [1.82, 2.24) is 14.3 Å². The molecular weight excluding hydrogens is 296 g/mol. The van der Waals surface area contributed by atoms with E-state index in [1.54, 1.807) is 28.8 Å². The summed E-state index contributed by atoms with van der Waals surface area (Å²) in [7, 11) is 0. The van der Waals surface area contributed by atoms with Crippen molar-refractivity contribution in [3.05, 3.63) is 40.5 Å². The molecule has 0 saturated heterocycles.